The van der Waals surface area contributed by atoms with Crippen LogP contribution in [0.5, 0.6) is 0 Å². The first-order chi connectivity index (χ1) is 7.67. The molecule has 1 aromatic heterocycles. The highest BCUT2D eigenvalue weighted by Gasteiger charge is 2.28. The van der Waals surface area contributed by atoms with Crippen molar-refractivity contribution in [3.63, 3.8) is 0 Å². The Morgan fingerprint density at radius 1 is 1.65 bits per heavy atom. The van der Waals surface area contributed by atoms with Crippen molar-refractivity contribution in [2.45, 2.75) is 24.1 Å². The van der Waals surface area contributed by atoms with Gasteiger partial charge in [-0.05, 0) is 41.4 Å². The second-order valence-electron chi connectivity index (χ2n) is 3.62. The van der Waals surface area contributed by atoms with Crippen LogP contribution in [0.4, 0.5) is 0 Å². The van der Waals surface area contributed by atoms with Crippen molar-refractivity contribution in [1.82, 2.24) is 4.31 Å². The number of hydrogen-bond acceptors (Lipinski definition) is 4. The highest BCUT2D eigenvalue weighted by molar-refractivity contribution is 9.11. The molecule has 8 heteroatoms. The molecule has 1 aromatic rings. The predicted octanol–water partition coefficient (Wildman–Crippen LogP) is 2.11. The smallest absolute Gasteiger partial charge is 0.252 e. The van der Waals surface area contributed by atoms with Gasteiger partial charge in [0.15, 0.2) is 0 Å². The van der Waals surface area contributed by atoms with Crippen LogP contribution in [0.2, 0.25) is 0 Å². The van der Waals surface area contributed by atoms with Crippen LogP contribution >= 0.6 is 39.5 Å². The minimum absolute atomic E-state index is 0.156. The fourth-order valence-electron chi connectivity index (χ4n) is 1.09. The van der Waals surface area contributed by atoms with E-state index < -0.39 is 16.1 Å². The summed E-state index contributed by atoms with van der Waals surface area (Å²) in [5, 5.41) is 0. The van der Waals surface area contributed by atoms with Gasteiger partial charge in [-0.15, -0.1) is 11.3 Å². The number of thiocarbonyl (C=S) groups is 1. The first-order valence-corrected chi connectivity index (χ1v) is 8.17. The van der Waals surface area contributed by atoms with Crippen LogP contribution in [0.25, 0.3) is 0 Å². The highest BCUT2D eigenvalue weighted by Crippen LogP contribution is 2.32. The number of likely N-dealkylation sites (N-methyl/N-ethyl adjacent to an activating group) is 1. The molecule has 1 unspecified atom stereocenters. The third-order valence-corrected chi connectivity index (χ3v) is 7.28. The standard InChI is InChI=1S/C9H13BrN2O2S3/c1-5-4-7(16-8(5)10)17(13,14)12(3)6(2)9(11)15/h4,6H,1-3H3,(H2,11,15). The van der Waals surface area contributed by atoms with Crippen LogP contribution in [0.3, 0.4) is 0 Å². The van der Waals surface area contributed by atoms with Crippen molar-refractivity contribution in [1.29, 1.82) is 0 Å². The van der Waals surface area contributed by atoms with E-state index in [0.29, 0.717) is 0 Å². The molecule has 0 saturated carbocycles. The summed E-state index contributed by atoms with van der Waals surface area (Å²) in [6.45, 7) is 3.51. The normalized spacial score (nSPS) is 13.9. The Morgan fingerprint density at radius 2 is 2.18 bits per heavy atom. The lowest BCUT2D eigenvalue weighted by Crippen LogP contribution is -2.42. The zero-order chi connectivity index (χ0) is 13.4. The molecule has 0 radical (unpaired) electrons. The Morgan fingerprint density at radius 3 is 2.53 bits per heavy atom. The van der Waals surface area contributed by atoms with E-state index in [-0.39, 0.29) is 9.20 Å². The molecule has 17 heavy (non-hydrogen) atoms. The van der Waals surface area contributed by atoms with Gasteiger partial charge in [0.2, 0.25) is 0 Å². The summed E-state index contributed by atoms with van der Waals surface area (Å²) in [6.07, 6.45) is 0. The molecule has 0 spiro atoms. The molecule has 1 heterocycles. The molecule has 0 bridgehead atoms. The number of nitrogens with zero attached hydrogens (tertiary/aromatic N) is 1. The Kier molecular flexibility index (Phi) is 4.70. The number of sulfonamides is 1. The van der Waals surface area contributed by atoms with Crippen molar-refractivity contribution in [3.05, 3.63) is 15.4 Å². The molecule has 96 valence electrons. The van der Waals surface area contributed by atoms with Gasteiger partial charge in [-0.25, -0.2) is 8.42 Å². The van der Waals surface area contributed by atoms with Gasteiger partial charge >= 0.3 is 0 Å². The van der Waals surface area contributed by atoms with Gasteiger partial charge in [-0.1, -0.05) is 12.2 Å². The topological polar surface area (TPSA) is 63.4 Å². The first-order valence-electron chi connectivity index (χ1n) is 4.71. The molecule has 0 saturated heterocycles. The maximum atomic E-state index is 12.2. The van der Waals surface area contributed by atoms with Gasteiger partial charge in [0, 0.05) is 7.05 Å². The number of nitrogens with two attached hydrogens (primary N) is 1. The van der Waals surface area contributed by atoms with Crippen LogP contribution in [0.15, 0.2) is 14.1 Å². The number of hydrogen-bond donors (Lipinski definition) is 1. The molecule has 4 nitrogen and oxygen atoms in total. The monoisotopic (exact) mass is 356 g/mol. The third kappa shape index (κ3) is 3.05. The minimum atomic E-state index is -3.53. The largest absolute Gasteiger partial charge is 0.392 e. The molecule has 0 aliphatic rings. The van der Waals surface area contributed by atoms with Crippen LogP contribution < -0.4 is 5.73 Å². The van der Waals surface area contributed by atoms with Crippen molar-refractivity contribution < 1.29 is 8.42 Å². The zero-order valence-electron chi connectivity index (χ0n) is 9.60. The van der Waals surface area contributed by atoms with E-state index in [1.54, 1.807) is 13.0 Å². The molecule has 0 aliphatic carbocycles. The van der Waals surface area contributed by atoms with E-state index in [1.807, 2.05) is 6.92 Å². The molecule has 0 aliphatic heterocycles. The summed E-state index contributed by atoms with van der Waals surface area (Å²) in [4.78, 5) is 0.156. The third-order valence-electron chi connectivity index (χ3n) is 2.43. The lowest BCUT2D eigenvalue weighted by Gasteiger charge is -2.22. The second-order valence-corrected chi connectivity index (χ2v) is 8.69. The average molecular weight is 357 g/mol. The van der Waals surface area contributed by atoms with Crippen molar-refractivity contribution >= 4 is 54.5 Å². The molecule has 0 amide bonds. The zero-order valence-corrected chi connectivity index (χ0v) is 13.6. The molecule has 0 aromatic carbocycles. The molecule has 2 N–H and O–H groups in total. The summed E-state index contributed by atoms with van der Waals surface area (Å²) in [7, 11) is -2.06. The van der Waals surface area contributed by atoms with Crippen molar-refractivity contribution in [2.24, 2.45) is 5.73 Å². The van der Waals surface area contributed by atoms with Crippen molar-refractivity contribution in [3.8, 4) is 0 Å². The van der Waals surface area contributed by atoms with Crippen LogP contribution in [0.1, 0.15) is 12.5 Å². The van der Waals surface area contributed by atoms with Crippen LogP contribution in [0, 0.1) is 6.92 Å². The van der Waals surface area contributed by atoms with Gasteiger partial charge in [0.05, 0.1) is 14.8 Å². The summed E-state index contributed by atoms with van der Waals surface area (Å²) >= 11 is 9.30. The van der Waals surface area contributed by atoms with E-state index >= 15 is 0 Å². The van der Waals surface area contributed by atoms with E-state index in [2.05, 4.69) is 15.9 Å². The fraction of sp³-hybridized carbons (Fsp3) is 0.444. The Balaban J connectivity index is 3.15. The second kappa shape index (κ2) is 5.31. The molecule has 1 atom stereocenters. The van der Waals surface area contributed by atoms with Gasteiger partial charge < -0.3 is 5.73 Å². The van der Waals surface area contributed by atoms with E-state index in [1.165, 1.54) is 22.7 Å². The summed E-state index contributed by atoms with van der Waals surface area (Å²) in [5.41, 5.74) is 6.36. The number of thiophene rings is 1. The van der Waals surface area contributed by atoms with Gasteiger partial charge in [0.1, 0.15) is 4.21 Å². The number of rotatable bonds is 4. The first kappa shape index (κ1) is 15.0. The van der Waals surface area contributed by atoms with E-state index in [0.717, 1.165) is 9.35 Å². The van der Waals surface area contributed by atoms with Gasteiger partial charge in [-0.3, -0.25) is 0 Å². The minimum Gasteiger partial charge on any atom is -0.392 e. The highest BCUT2D eigenvalue weighted by atomic mass is 79.9. The predicted molar refractivity (Wildman–Crippen MR) is 78.0 cm³/mol. The quantitative estimate of drug-likeness (QED) is 0.839. The summed E-state index contributed by atoms with van der Waals surface area (Å²) in [6, 6.07) is 1.13. The Labute approximate surface area is 119 Å². The van der Waals surface area contributed by atoms with Crippen molar-refractivity contribution in [2.75, 3.05) is 7.05 Å². The van der Waals surface area contributed by atoms with Gasteiger partial charge in [0.25, 0.3) is 10.0 Å². The number of aryl methyl sites for hydroxylation is 1. The van der Waals surface area contributed by atoms with Gasteiger partial charge in [-0.2, -0.15) is 4.31 Å². The maximum Gasteiger partial charge on any atom is 0.252 e. The molecular weight excluding hydrogens is 344 g/mol. The van der Waals surface area contributed by atoms with E-state index in [4.69, 9.17) is 18.0 Å². The lowest BCUT2D eigenvalue weighted by molar-refractivity contribution is 0.453. The maximum absolute atomic E-state index is 12.2. The summed E-state index contributed by atoms with van der Waals surface area (Å²) < 4.78 is 26.8. The Hall–Kier alpha value is -0.0200. The fourth-order valence-corrected chi connectivity index (χ4v) is 5.07. The summed E-state index contributed by atoms with van der Waals surface area (Å²) in [5.74, 6) is 0. The lowest BCUT2D eigenvalue weighted by atomic mass is 10.3. The molecular formula is C9H13BrN2O2S3. The number of halogens is 1. The Bertz CT molecular complexity index is 519. The van der Waals surface area contributed by atoms with Crippen LogP contribution in [-0.4, -0.2) is 30.8 Å². The van der Waals surface area contributed by atoms with Crippen LogP contribution in [-0.2, 0) is 10.0 Å². The average Bonchev–Trinajstić information content (AvgIpc) is 2.57. The molecule has 0 fully saturated rings. The van der Waals surface area contributed by atoms with E-state index in [9.17, 15) is 8.42 Å². The molecule has 1 rings (SSSR count). The SMILES string of the molecule is Cc1cc(S(=O)(=O)N(C)C(C)C(N)=S)sc1Br.